The molecule has 0 atom stereocenters. The van der Waals surface area contributed by atoms with E-state index in [-0.39, 0.29) is 24.0 Å². The van der Waals surface area contributed by atoms with Crippen molar-refractivity contribution in [3.05, 3.63) is 113 Å². The molecule has 0 aliphatic rings. The van der Waals surface area contributed by atoms with Gasteiger partial charge in [0.15, 0.2) is 0 Å². The lowest BCUT2D eigenvalue weighted by atomic mass is 10.0. The third kappa shape index (κ3) is 5.35. The Kier molecular flexibility index (Phi) is 7.39. The molecule has 0 bridgehead atoms. The summed E-state index contributed by atoms with van der Waals surface area (Å²) in [6, 6.07) is 25.0. The van der Waals surface area contributed by atoms with Gasteiger partial charge < -0.3 is 10.1 Å². The summed E-state index contributed by atoms with van der Waals surface area (Å²) in [5.41, 5.74) is 2.98. The van der Waals surface area contributed by atoms with Crippen LogP contribution in [0.25, 0.3) is 10.8 Å². The quantitative estimate of drug-likeness (QED) is 0.369. The summed E-state index contributed by atoms with van der Waals surface area (Å²) < 4.78 is 32.3. The molecule has 0 saturated carbocycles. The largest absolute Gasteiger partial charge is 0.489 e. The van der Waals surface area contributed by atoms with Crippen LogP contribution in [0.4, 0.5) is 8.78 Å². The lowest BCUT2D eigenvalue weighted by molar-refractivity contribution is 0.302. The van der Waals surface area contributed by atoms with E-state index in [0.717, 1.165) is 33.2 Å². The highest BCUT2D eigenvalue weighted by atomic mass is 35.5. The maximum absolute atomic E-state index is 13.1. The second-order valence-corrected chi connectivity index (χ2v) is 6.91. The summed E-state index contributed by atoms with van der Waals surface area (Å²) in [4.78, 5) is 0. The van der Waals surface area contributed by atoms with Crippen LogP contribution in [0.1, 0.15) is 16.7 Å². The zero-order chi connectivity index (χ0) is 20.1. The highest BCUT2D eigenvalue weighted by Gasteiger charge is 2.09. The molecular formula is C25H22ClF2NO. The van der Waals surface area contributed by atoms with Gasteiger partial charge in [0.2, 0.25) is 0 Å². The Morgan fingerprint density at radius 1 is 0.667 bits per heavy atom. The summed E-state index contributed by atoms with van der Waals surface area (Å²) in [6.45, 7) is 1.60. The van der Waals surface area contributed by atoms with E-state index in [9.17, 15) is 8.78 Å². The fourth-order valence-corrected chi connectivity index (χ4v) is 3.31. The van der Waals surface area contributed by atoms with Gasteiger partial charge in [-0.15, -0.1) is 12.4 Å². The summed E-state index contributed by atoms with van der Waals surface area (Å²) >= 11 is 0. The van der Waals surface area contributed by atoms with Gasteiger partial charge >= 0.3 is 0 Å². The zero-order valence-corrected chi connectivity index (χ0v) is 17.1. The van der Waals surface area contributed by atoms with Crippen LogP contribution in [0.3, 0.4) is 0 Å². The van der Waals surface area contributed by atoms with Crippen LogP contribution in [0, 0.1) is 11.6 Å². The van der Waals surface area contributed by atoms with Gasteiger partial charge in [0.1, 0.15) is 24.0 Å². The van der Waals surface area contributed by atoms with Crippen molar-refractivity contribution in [2.45, 2.75) is 19.7 Å². The van der Waals surface area contributed by atoms with Crippen molar-refractivity contribution in [2.24, 2.45) is 0 Å². The van der Waals surface area contributed by atoms with Gasteiger partial charge in [-0.05, 0) is 52.2 Å². The first kappa shape index (κ1) is 21.8. The van der Waals surface area contributed by atoms with Crippen molar-refractivity contribution >= 4 is 23.2 Å². The van der Waals surface area contributed by atoms with Crippen molar-refractivity contribution in [1.82, 2.24) is 5.32 Å². The van der Waals surface area contributed by atoms with Crippen LogP contribution in [-0.2, 0) is 19.7 Å². The Morgan fingerprint density at radius 2 is 1.30 bits per heavy atom. The average molecular weight is 426 g/mol. The third-order valence-electron chi connectivity index (χ3n) is 4.85. The SMILES string of the molecule is Cl.Fc1ccc(CNCc2c(OCc3ccc(F)cc3)ccc3ccccc23)cc1. The first-order valence-electron chi connectivity index (χ1n) is 9.52. The summed E-state index contributed by atoms with van der Waals surface area (Å²) in [6.07, 6.45) is 0. The van der Waals surface area contributed by atoms with Crippen LogP contribution < -0.4 is 10.1 Å². The molecule has 0 unspecified atom stereocenters. The van der Waals surface area contributed by atoms with Gasteiger partial charge in [-0.2, -0.15) is 0 Å². The highest BCUT2D eigenvalue weighted by Crippen LogP contribution is 2.29. The van der Waals surface area contributed by atoms with Gasteiger partial charge in [-0.25, -0.2) is 8.78 Å². The fourth-order valence-electron chi connectivity index (χ4n) is 3.31. The minimum absolute atomic E-state index is 0. The maximum atomic E-state index is 13.1. The van der Waals surface area contributed by atoms with Gasteiger partial charge in [0, 0.05) is 18.7 Å². The molecule has 0 aromatic heterocycles. The number of rotatable bonds is 7. The molecule has 0 aliphatic carbocycles. The second kappa shape index (κ2) is 10.2. The minimum atomic E-state index is -0.259. The Labute approximate surface area is 180 Å². The molecule has 0 fully saturated rings. The van der Waals surface area contributed by atoms with E-state index in [4.69, 9.17) is 4.74 Å². The molecule has 0 amide bonds. The number of halogens is 3. The number of fused-ring (bicyclic) bond motifs is 1. The summed E-state index contributed by atoms with van der Waals surface area (Å²) in [7, 11) is 0. The van der Waals surface area contributed by atoms with E-state index in [0.29, 0.717) is 19.7 Å². The van der Waals surface area contributed by atoms with Crippen LogP contribution >= 0.6 is 12.4 Å². The van der Waals surface area contributed by atoms with E-state index < -0.39 is 0 Å². The summed E-state index contributed by atoms with van der Waals surface area (Å²) in [5.74, 6) is 0.295. The first-order valence-corrected chi connectivity index (χ1v) is 9.52. The zero-order valence-electron chi connectivity index (χ0n) is 16.3. The standard InChI is InChI=1S/C25H21F2NO.ClH/c26-21-10-5-18(6-11-21)15-28-16-24-23-4-2-1-3-20(23)9-14-25(24)29-17-19-7-12-22(27)13-8-19;/h1-14,28H,15-17H2;1H. The van der Waals surface area contributed by atoms with E-state index in [1.165, 1.54) is 24.3 Å². The van der Waals surface area contributed by atoms with Gasteiger partial charge in [0.25, 0.3) is 0 Å². The molecule has 4 aromatic carbocycles. The smallest absolute Gasteiger partial charge is 0.124 e. The molecule has 4 rings (SSSR count). The Balaban J connectivity index is 0.00000256. The molecule has 2 nitrogen and oxygen atoms in total. The fraction of sp³-hybridized carbons (Fsp3) is 0.120. The van der Waals surface area contributed by atoms with Crippen molar-refractivity contribution in [2.75, 3.05) is 0 Å². The molecule has 0 saturated heterocycles. The van der Waals surface area contributed by atoms with Crippen LogP contribution in [-0.4, -0.2) is 0 Å². The molecule has 5 heteroatoms. The maximum Gasteiger partial charge on any atom is 0.124 e. The monoisotopic (exact) mass is 425 g/mol. The number of benzene rings is 4. The molecule has 30 heavy (non-hydrogen) atoms. The van der Waals surface area contributed by atoms with E-state index >= 15 is 0 Å². The third-order valence-corrected chi connectivity index (χ3v) is 4.85. The molecule has 1 N–H and O–H groups in total. The second-order valence-electron chi connectivity index (χ2n) is 6.91. The van der Waals surface area contributed by atoms with E-state index in [1.54, 1.807) is 24.3 Å². The van der Waals surface area contributed by atoms with Crippen LogP contribution in [0.2, 0.25) is 0 Å². The molecule has 0 aliphatic heterocycles. The predicted molar refractivity (Wildman–Crippen MR) is 119 cm³/mol. The normalized spacial score (nSPS) is 10.6. The predicted octanol–water partition coefficient (Wildman–Crippen LogP) is 6.41. The Hall–Kier alpha value is -2.95. The van der Waals surface area contributed by atoms with Gasteiger partial charge in [-0.3, -0.25) is 0 Å². The van der Waals surface area contributed by atoms with Crippen molar-refractivity contribution in [1.29, 1.82) is 0 Å². The minimum Gasteiger partial charge on any atom is -0.489 e. The number of ether oxygens (including phenoxy) is 1. The van der Waals surface area contributed by atoms with E-state index in [1.807, 2.05) is 24.3 Å². The topological polar surface area (TPSA) is 21.3 Å². The van der Waals surface area contributed by atoms with Crippen LogP contribution in [0.15, 0.2) is 84.9 Å². The average Bonchev–Trinajstić information content (AvgIpc) is 2.75. The molecule has 154 valence electrons. The first-order chi connectivity index (χ1) is 14.2. The Bertz CT molecular complexity index is 1100. The van der Waals surface area contributed by atoms with Crippen molar-refractivity contribution < 1.29 is 13.5 Å². The number of hydrogen-bond acceptors (Lipinski definition) is 2. The number of hydrogen-bond donors (Lipinski definition) is 1. The number of nitrogens with one attached hydrogen (secondary N) is 1. The molecule has 4 aromatic rings. The molecular weight excluding hydrogens is 404 g/mol. The lowest BCUT2D eigenvalue weighted by Crippen LogP contribution is -2.14. The molecule has 0 radical (unpaired) electrons. The Morgan fingerprint density at radius 3 is 2.00 bits per heavy atom. The van der Waals surface area contributed by atoms with Crippen molar-refractivity contribution in [3.8, 4) is 5.75 Å². The molecule has 0 spiro atoms. The molecule has 0 heterocycles. The van der Waals surface area contributed by atoms with Gasteiger partial charge in [0.05, 0.1) is 0 Å². The highest BCUT2D eigenvalue weighted by molar-refractivity contribution is 5.87. The van der Waals surface area contributed by atoms with Crippen molar-refractivity contribution in [3.63, 3.8) is 0 Å². The lowest BCUT2D eigenvalue weighted by Gasteiger charge is -2.15. The summed E-state index contributed by atoms with van der Waals surface area (Å²) in [5, 5.41) is 5.68. The van der Waals surface area contributed by atoms with Gasteiger partial charge in [-0.1, -0.05) is 54.6 Å². The van der Waals surface area contributed by atoms with Crippen LogP contribution in [0.5, 0.6) is 5.75 Å². The van der Waals surface area contributed by atoms with E-state index in [2.05, 4.69) is 17.4 Å².